The summed E-state index contributed by atoms with van der Waals surface area (Å²) in [6.07, 6.45) is 6.00. The van der Waals surface area contributed by atoms with Gasteiger partial charge in [0, 0.05) is 31.5 Å². The van der Waals surface area contributed by atoms with Crippen LogP contribution >= 0.6 is 11.6 Å². The molecule has 148 valence electrons. The minimum atomic E-state index is -0.275. The first-order chi connectivity index (χ1) is 13.9. The van der Waals surface area contributed by atoms with E-state index in [0.29, 0.717) is 34.7 Å². The van der Waals surface area contributed by atoms with Crippen molar-refractivity contribution >= 4 is 46.6 Å². The molecule has 0 unspecified atom stereocenters. The molecule has 8 nitrogen and oxygen atoms in total. The van der Waals surface area contributed by atoms with E-state index < -0.39 is 0 Å². The Hall–Kier alpha value is -3.65. The van der Waals surface area contributed by atoms with Crippen LogP contribution in [0.15, 0.2) is 61.6 Å². The number of carbonyl (C=O) groups excluding carboxylic acids is 2. The maximum Gasteiger partial charge on any atom is 0.247 e. The van der Waals surface area contributed by atoms with E-state index in [2.05, 4.69) is 32.5 Å². The van der Waals surface area contributed by atoms with Crippen molar-refractivity contribution in [3.05, 3.63) is 72.2 Å². The Kier molecular flexibility index (Phi) is 6.25. The van der Waals surface area contributed by atoms with Gasteiger partial charge in [0.2, 0.25) is 17.8 Å². The standard InChI is InChI=1S/C20H19ClN6O2/c1-3-18(29)24-15-6-4-5-14(9-15)10-22-19-17(21)11-23-20(26-19)25-16-7-8-27(12-16)13(2)28/h3-9,11-12H,1,10H2,2H3,(H,24,29)(H2,22,23,25,26). The molecule has 0 bridgehead atoms. The van der Waals surface area contributed by atoms with Gasteiger partial charge >= 0.3 is 0 Å². The van der Waals surface area contributed by atoms with Crippen LogP contribution in [0, 0.1) is 0 Å². The minimum absolute atomic E-state index is 0.0936. The van der Waals surface area contributed by atoms with E-state index in [1.807, 2.05) is 18.2 Å². The molecule has 0 aliphatic heterocycles. The second-order valence-corrected chi connectivity index (χ2v) is 6.50. The number of anilines is 4. The molecule has 0 saturated heterocycles. The van der Waals surface area contributed by atoms with Gasteiger partial charge in [-0.2, -0.15) is 4.98 Å². The molecule has 1 amide bonds. The quantitative estimate of drug-likeness (QED) is 0.507. The number of halogens is 1. The first kappa shape index (κ1) is 20.1. The van der Waals surface area contributed by atoms with E-state index in [1.165, 1.54) is 23.8 Å². The van der Waals surface area contributed by atoms with Crippen LogP contribution in [0.1, 0.15) is 17.3 Å². The van der Waals surface area contributed by atoms with Gasteiger partial charge in [-0.25, -0.2) is 4.98 Å². The van der Waals surface area contributed by atoms with Crippen LogP contribution in [0.5, 0.6) is 0 Å². The highest BCUT2D eigenvalue weighted by molar-refractivity contribution is 6.32. The molecular formula is C20H19ClN6O2. The van der Waals surface area contributed by atoms with Crippen molar-refractivity contribution in [1.82, 2.24) is 14.5 Å². The smallest absolute Gasteiger partial charge is 0.247 e. The largest absolute Gasteiger partial charge is 0.365 e. The monoisotopic (exact) mass is 410 g/mol. The van der Waals surface area contributed by atoms with Crippen LogP contribution in [0.3, 0.4) is 0 Å². The number of aromatic nitrogens is 3. The Morgan fingerprint density at radius 2 is 2.10 bits per heavy atom. The number of amides is 1. The van der Waals surface area contributed by atoms with Crippen molar-refractivity contribution in [2.24, 2.45) is 0 Å². The summed E-state index contributed by atoms with van der Waals surface area (Å²) < 4.78 is 1.45. The van der Waals surface area contributed by atoms with Gasteiger partial charge in [-0.15, -0.1) is 0 Å². The van der Waals surface area contributed by atoms with Crippen LogP contribution in [0.2, 0.25) is 5.02 Å². The average molecular weight is 411 g/mol. The molecule has 3 N–H and O–H groups in total. The molecule has 2 aromatic heterocycles. The van der Waals surface area contributed by atoms with E-state index >= 15 is 0 Å². The van der Waals surface area contributed by atoms with Crippen molar-refractivity contribution in [2.45, 2.75) is 13.5 Å². The van der Waals surface area contributed by atoms with Gasteiger partial charge in [-0.3, -0.25) is 14.2 Å². The van der Waals surface area contributed by atoms with Gasteiger partial charge < -0.3 is 16.0 Å². The zero-order chi connectivity index (χ0) is 20.8. The number of benzene rings is 1. The minimum Gasteiger partial charge on any atom is -0.365 e. The summed E-state index contributed by atoms with van der Waals surface area (Å²) in [6, 6.07) is 9.12. The molecule has 9 heteroatoms. The molecular weight excluding hydrogens is 392 g/mol. The fourth-order valence-corrected chi connectivity index (χ4v) is 2.64. The highest BCUT2D eigenvalue weighted by Crippen LogP contribution is 2.22. The summed E-state index contributed by atoms with van der Waals surface area (Å²) in [5.41, 5.74) is 2.27. The van der Waals surface area contributed by atoms with Gasteiger partial charge in [0.15, 0.2) is 5.82 Å². The molecule has 0 aliphatic carbocycles. The number of hydrogen-bond acceptors (Lipinski definition) is 6. The summed E-state index contributed by atoms with van der Waals surface area (Å²) in [4.78, 5) is 31.3. The summed E-state index contributed by atoms with van der Waals surface area (Å²) in [7, 11) is 0. The van der Waals surface area contributed by atoms with Gasteiger partial charge in [0.25, 0.3) is 0 Å². The lowest BCUT2D eigenvalue weighted by molar-refractivity contribution is -0.111. The van der Waals surface area contributed by atoms with E-state index in [0.717, 1.165) is 5.56 Å². The second-order valence-electron chi connectivity index (χ2n) is 6.09. The Balaban J connectivity index is 1.68. The van der Waals surface area contributed by atoms with E-state index in [-0.39, 0.29) is 11.8 Å². The molecule has 1 aromatic carbocycles. The van der Waals surface area contributed by atoms with Crippen molar-refractivity contribution in [2.75, 3.05) is 16.0 Å². The second kappa shape index (κ2) is 9.03. The van der Waals surface area contributed by atoms with Crippen molar-refractivity contribution < 1.29 is 9.59 Å². The van der Waals surface area contributed by atoms with Crippen LogP contribution in [-0.4, -0.2) is 26.3 Å². The summed E-state index contributed by atoms with van der Waals surface area (Å²) >= 11 is 6.20. The maximum atomic E-state index is 11.4. The fraction of sp³-hybridized carbons (Fsp3) is 0.100. The third-order valence-corrected chi connectivity index (χ3v) is 4.17. The molecule has 0 atom stereocenters. The van der Waals surface area contributed by atoms with Crippen molar-refractivity contribution in [3.63, 3.8) is 0 Å². The number of rotatable bonds is 7. The molecule has 29 heavy (non-hydrogen) atoms. The molecule has 0 spiro atoms. The molecule has 0 radical (unpaired) electrons. The highest BCUT2D eigenvalue weighted by Gasteiger charge is 2.08. The third-order valence-electron chi connectivity index (χ3n) is 3.90. The molecule has 2 heterocycles. The molecule has 3 aromatic rings. The van der Waals surface area contributed by atoms with Crippen LogP contribution < -0.4 is 16.0 Å². The lowest BCUT2D eigenvalue weighted by atomic mass is 10.2. The topological polar surface area (TPSA) is 101 Å². The predicted octanol–water partition coefficient (Wildman–Crippen LogP) is 4.07. The molecule has 0 saturated carbocycles. The van der Waals surface area contributed by atoms with Gasteiger partial charge in [0.05, 0.1) is 11.9 Å². The Labute approximate surface area is 172 Å². The van der Waals surface area contributed by atoms with Crippen molar-refractivity contribution in [3.8, 4) is 0 Å². The highest BCUT2D eigenvalue weighted by atomic mass is 35.5. The van der Waals surface area contributed by atoms with Crippen molar-refractivity contribution in [1.29, 1.82) is 0 Å². The van der Waals surface area contributed by atoms with Crippen LogP contribution in [-0.2, 0) is 11.3 Å². The first-order valence-electron chi connectivity index (χ1n) is 8.69. The lowest BCUT2D eigenvalue weighted by Crippen LogP contribution is -2.08. The van der Waals surface area contributed by atoms with Crippen LogP contribution in [0.4, 0.5) is 23.1 Å². The molecule has 3 rings (SSSR count). The van der Waals surface area contributed by atoms with Gasteiger partial charge in [-0.05, 0) is 29.8 Å². The number of nitrogens with zero attached hydrogens (tertiary/aromatic N) is 3. The first-order valence-corrected chi connectivity index (χ1v) is 9.07. The third kappa shape index (κ3) is 5.43. The van der Waals surface area contributed by atoms with Gasteiger partial charge in [0.1, 0.15) is 5.02 Å². The van der Waals surface area contributed by atoms with E-state index in [9.17, 15) is 9.59 Å². The SMILES string of the molecule is C=CC(=O)Nc1cccc(CNc2nc(Nc3ccn(C(C)=O)c3)ncc2Cl)c1. The number of carbonyl (C=O) groups is 2. The number of nitrogens with one attached hydrogen (secondary N) is 3. The van der Waals surface area contributed by atoms with E-state index in [4.69, 9.17) is 11.6 Å². The van der Waals surface area contributed by atoms with E-state index in [1.54, 1.807) is 24.5 Å². The predicted molar refractivity (Wildman–Crippen MR) is 114 cm³/mol. The fourth-order valence-electron chi connectivity index (χ4n) is 2.48. The Morgan fingerprint density at radius 1 is 1.28 bits per heavy atom. The average Bonchev–Trinajstić information content (AvgIpc) is 3.17. The molecule has 0 fully saturated rings. The van der Waals surface area contributed by atoms with Gasteiger partial charge in [-0.1, -0.05) is 30.3 Å². The Bertz CT molecular complexity index is 1060. The van der Waals surface area contributed by atoms with Crippen LogP contribution in [0.25, 0.3) is 0 Å². The summed E-state index contributed by atoms with van der Waals surface area (Å²) in [6.45, 7) is 5.35. The summed E-state index contributed by atoms with van der Waals surface area (Å²) in [5, 5.41) is 9.27. The Morgan fingerprint density at radius 3 is 2.83 bits per heavy atom. The lowest BCUT2D eigenvalue weighted by Gasteiger charge is -2.10. The maximum absolute atomic E-state index is 11.4. The molecule has 0 aliphatic rings. The number of hydrogen-bond donors (Lipinski definition) is 3. The summed E-state index contributed by atoms with van der Waals surface area (Å²) in [5.74, 6) is 0.424. The zero-order valence-electron chi connectivity index (χ0n) is 15.6. The normalized spacial score (nSPS) is 10.3. The zero-order valence-corrected chi connectivity index (χ0v) is 16.4.